The summed E-state index contributed by atoms with van der Waals surface area (Å²) in [4.78, 5) is 31.9. The molecule has 0 rings (SSSR count). The lowest BCUT2D eigenvalue weighted by Crippen LogP contribution is -2.38. The second kappa shape index (κ2) is 4.77. The number of hydrogen-bond donors (Lipinski definition) is 3. The lowest BCUT2D eigenvalue weighted by molar-refractivity contribution is -0.161. The fourth-order valence-corrected chi connectivity index (χ4v) is 1.21. The molecule has 0 spiro atoms. The van der Waals surface area contributed by atoms with Gasteiger partial charge in [0, 0.05) is 6.42 Å². The molecule has 0 heterocycles. The van der Waals surface area contributed by atoms with E-state index in [9.17, 15) is 14.4 Å². The fourth-order valence-electron chi connectivity index (χ4n) is 1.21. The molecule has 15 heavy (non-hydrogen) atoms. The Balaban J connectivity index is 4.74. The van der Waals surface area contributed by atoms with E-state index in [2.05, 4.69) is 0 Å². The van der Waals surface area contributed by atoms with Crippen LogP contribution in [0.5, 0.6) is 0 Å². The lowest BCUT2D eigenvalue weighted by Gasteiger charge is -2.26. The first-order valence-corrected chi connectivity index (χ1v) is 4.37. The molecule has 6 heteroatoms. The van der Waals surface area contributed by atoms with Gasteiger partial charge in [-0.3, -0.25) is 14.4 Å². The van der Waals surface area contributed by atoms with Crippen molar-refractivity contribution in [2.45, 2.75) is 26.7 Å². The molecule has 0 aliphatic carbocycles. The third-order valence-electron chi connectivity index (χ3n) is 2.37. The Bertz CT molecular complexity index is 280. The van der Waals surface area contributed by atoms with Crippen LogP contribution in [0.25, 0.3) is 0 Å². The zero-order valence-corrected chi connectivity index (χ0v) is 8.56. The molecule has 0 amide bonds. The van der Waals surface area contributed by atoms with Crippen LogP contribution >= 0.6 is 0 Å². The van der Waals surface area contributed by atoms with Crippen LogP contribution in [0.2, 0.25) is 0 Å². The minimum Gasteiger partial charge on any atom is -0.481 e. The van der Waals surface area contributed by atoms with Gasteiger partial charge in [0.2, 0.25) is 0 Å². The number of aliphatic carboxylic acids is 3. The lowest BCUT2D eigenvalue weighted by atomic mass is 9.76. The molecule has 0 saturated carbocycles. The first kappa shape index (κ1) is 13.4. The van der Waals surface area contributed by atoms with Crippen LogP contribution < -0.4 is 0 Å². The average Bonchev–Trinajstić information content (AvgIpc) is 2.01. The molecule has 86 valence electrons. The molecule has 1 atom stereocenters. The van der Waals surface area contributed by atoms with Crippen molar-refractivity contribution in [1.82, 2.24) is 0 Å². The van der Waals surface area contributed by atoms with Gasteiger partial charge in [-0.05, 0) is 20.3 Å². The van der Waals surface area contributed by atoms with Crippen LogP contribution in [0.1, 0.15) is 26.7 Å². The van der Waals surface area contributed by atoms with Gasteiger partial charge in [0.1, 0.15) is 0 Å². The minimum absolute atomic E-state index is 0.191. The Hall–Kier alpha value is -1.59. The third kappa shape index (κ3) is 3.57. The van der Waals surface area contributed by atoms with Crippen LogP contribution in [0.15, 0.2) is 0 Å². The maximum atomic E-state index is 10.8. The summed E-state index contributed by atoms with van der Waals surface area (Å²) in [6.07, 6.45) is -0.544. The zero-order valence-electron chi connectivity index (χ0n) is 8.56. The maximum absolute atomic E-state index is 10.8. The molecule has 0 bridgehead atoms. The van der Waals surface area contributed by atoms with Gasteiger partial charge in [0.15, 0.2) is 0 Å². The largest absolute Gasteiger partial charge is 0.481 e. The van der Waals surface area contributed by atoms with Crippen molar-refractivity contribution in [2.75, 3.05) is 0 Å². The summed E-state index contributed by atoms with van der Waals surface area (Å²) >= 11 is 0. The topological polar surface area (TPSA) is 112 Å². The van der Waals surface area contributed by atoms with Gasteiger partial charge in [-0.25, -0.2) is 0 Å². The SMILES string of the molecule is CC(C)(C(=O)O)C(CCC(=O)O)C(=O)O. The maximum Gasteiger partial charge on any atom is 0.309 e. The highest BCUT2D eigenvalue weighted by atomic mass is 16.4. The van der Waals surface area contributed by atoms with Crippen molar-refractivity contribution in [2.24, 2.45) is 11.3 Å². The predicted octanol–water partition coefficient (Wildman–Crippen LogP) is 0.663. The highest BCUT2D eigenvalue weighted by Gasteiger charge is 2.41. The molecule has 0 aliphatic rings. The molecule has 0 radical (unpaired) electrons. The van der Waals surface area contributed by atoms with E-state index in [4.69, 9.17) is 15.3 Å². The first-order chi connectivity index (χ1) is 6.69. The summed E-state index contributed by atoms with van der Waals surface area (Å²) in [5.41, 5.74) is -1.47. The van der Waals surface area contributed by atoms with E-state index < -0.39 is 29.2 Å². The number of rotatable bonds is 6. The second-order valence-electron chi connectivity index (χ2n) is 3.85. The number of carboxylic acid groups (broad SMARTS) is 3. The van der Waals surface area contributed by atoms with Crippen LogP contribution in [0.4, 0.5) is 0 Å². The van der Waals surface area contributed by atoms with E-state index in [1.807, 2.05) is 0 Å². The Morgan fingerprint density at radius 1 is 1.13 bits per heavy atom. The molecule has 3 N–H and O–H groups in total. The van der Waals surface area contributed by atoms with Gasteiger partial charge in [0.25, 0.3) is 0 Å². The van der Waals surface area contributed by atoms with Crippen molar-refractivity contribution < 1.29 is 29.7 Å². The van der Waals surface area contributed by atoms with Crippen LogP contribution in [-0.4, -0.2) is 33.2 Å². The summed E-state index contributed by atoms with van der Waals surface area (Å²) < 4.78 is 0. The third-order valence-corrected chi connectivity index (χ3v) is 2.37. The monoisotopic (exact) mass is 218 g/mol. The fraction of sp³-hybridized carbons (Fsp3) is 0.667. The van der Waals surface area contributed by atoms with Crippen LogP contribution in [0.3, 0.4) is 0 Å². The normalized spacial score (nSPS) is 13.2. The minimum atomic E-state index is -1.47. The molecule has 0 aromatic heterocycles. The van der Waals surface area contributed by atoms with Gasteiger partial charge < -0.3 is 15.3 Å². The van der Waals surface area contributed by atoms with E-state index in [0.717, 1.165) is 0 Å². The molecule has 6 nitrogen and oxygen atoms in total. The van der Waals surface area contributed by atoms with Crippen molar-refractivity contribution in [1.29, 1.82) is 0 Å². The highest BCUT2D eigenvalue weighted by molar-refractivity contribution is 5.83. The Morgan fingerprint density at radius 2 is 1.60 bits per heavy atom. The molecule has 0 aromatic rings. The molecule has 0 saturated heterocycles. The van der Waals surface area contributed by atoms with Gasteiger partial charge in [-0.2, -0.15) is 0 Å². The van der Waals surface area contributed by atoms with Gasteiger partial charge in [-0.15, -0.1) is 0 Å². The van der Waals surface area contributed by atoms with Crippen molar-refractivity contribution in [3.05, 3.63) is 0 Å². The molecule has 0 fully saturated rings. The highest BCUT2D eigenvalue weighted by Crippen LogP contribution is 2.31. The standard InChI is InChI=1S/C9H14O6/c1-9(2,8(14)15)5(7(12)13)3-4-6(10)11/h5H,3-4H2,1-2H3,(H,10,11)(H,12,13)(H,14,15). The van der Waals surface area contributed by atoms with Gasteiger partial charge >= 0.3 is 17.9 Å². The van der Waals surface area contributed by atoms with E-state index in [-0.39, 0.29) is 12.8 Å². The first-order valence-electron chi connectivity index (χ1n) is 4.37. The Kier molecular flexibility index (Phi) is 4.26. The molecule has 1 unspecified atom stereocenters. The summed E-state index contributed by atoms with van der Waals surface area (Å²) in [6.45, 7) is 2.55. The smallest absolute Gasteiger partial charge is 0.309 e. The van der Waals surface area contributed by atoms with Crippen molar-refractivity contribution >= 4 is 17.9 Å². The van der Waals surface area contributed by atoms with Crippen molar-refractivity contribution in [3.63, 3.8) is 0 Å². The molecule has 0 aliphatic heterocycles. The summed E-state index contributed by atoms with van der Waals surface area (Å²) in [5, 5.41) is 26.0. The Morgan fingerprint density at radius 3 is 1.87 bits per heavy atom. The van der Waals surface area contributed by atoms with Crippen molar-refractivity contribution in [3.8, 4) is 0 Å². The van der Waals surface area contributed by atoms with E-state index in [1.54, 1.807) is 0 Å². The van der Waals surface area contributed by atoms with E-state index in [1.165, 1.54) is 13.8 Å². The number of carboxylic acids is 3. The number of hydrogen-bond acceptors (Lipinski definition) is 3. The zero-order chi connectivity index (χ0) is 12.2. The second-order valence-corrected chi connectivity index (χ2v) is 3.85. The van der Waals surface area contributed by atoms with Crippen LogP contribution in [0, 0.1) is 11.3 Å². The quantitative estimate of drug-likeness (QED) is 0.603. The van der Waals surface area contributed by atoms with E-state index in [0.29, 0.717) is 0 Å². The molecular weight excluding hydrogens is 204 g/mol. The van der Waals surface area contributed by atoms with E-state index >= 15 is 0 Å². The van der Waals surface area contributed by atoms with Crippen LogP contribution in [-0.2, 0) is 14.4 Å². The van der Waals surface area contributed by atoms with Gasteiger partial charge in [-0.1, -0.05) is 0 Å². The summed E-state index contributed by atoms with van der Waals surface area (Å²) in [6, 6.07) is 0. The molecular formula is C9H14O6. The number of carbonyl (C=O) groups is 3. The predicted molar refractivity (Wildman–Crippen MR) is 49.4 cm³/mol. The Labute approximate surface area is 86.5 Å². The summed E-state index contributed by atoms with van der Waals surface area (Å²) in [7, 11) is 0. The molecule has 0 aromatic carbocycles. The summed E-state index contributed by atoms with van der Waals surface area (Å²) in [5.74, 6) is -4.88. The van der Waals surface area contributed by atoms with Gasteiger partial charge in [0.05, 0.1) is 11.3 Å². The average molecular weight is 218 g/mol.